The molecule has 0 radical (unpaired) electrons. The van der Waals surface area contributed by atoms with Crippen LogP contribution in [0, 0.1) is 16.7 Å². The van der Waals surface area contributed by atoms with E-state index in [-0.39, 0.29) is 15.7 Å². The van der Waals surface area contributed by atoms with Crippen LogP contribution < -0.4 is 0 Å². The van der Waals surface area contributed by atoms with E-state index in [1.54, 1.807) is 0 Å². The van der Waals surface area contributed by atoms with Crippen LogP contribution in [-0.2, 0) is 0 Å². The molecular formula is C14H15Cl. The van der Waals surface area contributed by atoms with Gasteiger partial charge in [0.05, 0.1) is 4.87 Å². The molecule has 0 aromatic carbocycles. The number of halogens is 1. The van der Waals surface area contributed by atoms with Gasteiger partial charge in [0.2, 0.25) is 0 Å². The number of alkyl halides is 1. The van der Waals surface area contributed by atoms with Crippen molar-refractivity contribution < 1.29 is 0 Å². The summed E-state index contributed by atoms with van der Waals surface area (Å²) in [4.78, 5) is -0.174. The molecule has 3 rings (SSSR count). The monoisotopic (exact) mass is 218 g/mol. The lowest BCUT2D eigenvalue weighted by Gasteiger charge is -2.17. The average molecular weight is 219 g/mol. The highest BCUT2D eigenvalue weighted by Crippen LogP contribution is 2.82. The Hall–Kier alpha value is -0.750. The number of rotatable bonds is 1. The van der Waals surface area contributed by atoms with E-state index in [4.69, 9.17) is 11.6 Å². The molecule has 78 valence electrons. The molecule has 0 unspecified atom stereocenters. The fraction of sp³-hybridized carbons (Fsp3) is 0.429. The lowest BCUT2D eigenvalue weighted by Crippen LogP contribution is -2.18. The molecule has 1 fully saturated rings. The van der Waals surface area contributed by atoms with Crippen LogP contribution in [0.1, 0.15) is 13.8 Å². The van der Waals surface area contributed by atoms with Gasteiger partial charge in [-0.3, -0.25) is 0 Å². The SMILES string of the molecule is CC(C)C1(Cl)C23C=CC=CC21C=CC=C3. The van der Waals surface area contributed by atoms with Crippen molar-refractivity contribution in [2.75, 3.05) is 0 Å². The first-order valence-corrected chi connectivity index (χ1v) is 5.92. The fourth-order valence-electron chi connectivity index (χ4n) is 3.58. The van der Waals surface area contributed by atoms with Gasteiger partial charge in [-0.05, 0) is 5.92 Å². The van der Waals surface area contributed by atoms with E-state index in [0.717, 1.165) is 0 Å². The zero-order chi connectivity index (χ0) is 10.7. The van der Waals surface area contributed by atoms with Gasteiger partial charge >= 0.3 is 0 Å². The number of hydrogen-bond acceptors (Lipinski definition) is 0. The van der Waals surface area contributed by atoms with E-state index in [1.165, 1.54) is 0 Å². The molecule has 0 amide bonds. The van der Waals surface area contributed by atoms with Gasteiger partial charge in [-0.15, -0.1) is 11.6 Å². The average Bonchev–Trinajstić information content (AvgIpc) is 2.77. The summed E-state index contributed by atoms with van der Waals surface area (Å²) in [6, 6.07) is 0. The molecule has 0 nitrogen and oxygen atoms in total. The second kappa shape index (κ2) is 2.49. The minimum atomic E-state index is -0.174. The summed E-state index contributed by atoms with van der Waals surface area (Å²) in [6.07, 6.45) is 17.5. The summed E-state index contributed by atoms with van der Waals surface area (Å²) in [5.74, 6) is 0.457. The van der Waals surface area contributed by atoms with Crippen LogP contribution in [0.3, 0.4) is 0 Å². The first kappa shape index (κ1) is 9.47. The van der Waals surface area contributed by atoms with Gasteiger partial charge < -0.3 is 0 Å². The van der Waals surface area contributed by atoms with E-state index >= 15 is 0 Å². The van der Waals surface area contributed by atoms with Crippen molar-refractivity contribution in [3.8, 4) is 0 Å². The smallest absolute Gasteiger partial charge is 0.0744 e. The molecule has 15 heavy (non-hydrogen) atoms. The molecule has 1 heteroatoms. The van der Waals surface area contributed by atoms with Gasteiger partial charge in [0.15, 0.2) is 0 Å². The quantitative estimate of drug-likeness (QED) is 0.587. The topological polar surface area (TPSA) is 0 Å². The summed E-state index contributed by atoms with van der Waals surface area (Å²) in [6.45, 7) is 4.42. The fourth-order valence-corrected chi connectivity index (χ4v) is 4.10. The van der Waals surface area contributed by atoms with E-state index in [9.17, 15) is 0 Å². The Kier molecular flexibility index (Phi) is 1.57. The Morgan fingerprint density at radius 1 is 0.800 bits per heavy atom. The highest BCUT2D eigenvalue weighted by Gasteiger charge is 2.83. The number of allylic oxidation sites excluding steroid dienone is 8. The minimum Gasteiger partial charge on any atom is -0.116 e. The Bertz CT molecular complexity index is 363. The van der Waals surface area contributed by atoms with Gasteiger partial charge in [-0.1, -0.05) is 62.5 Å². The van der Waals surface area contributed by atoms with Crippen LogP contribution in [-0.4, -0.2) is 4.87 Å². The highest BCUT2D eigenvalue weighted by atomic mass is 35.5. The van der Waals surface area contributed by atoms with Crippen LogP contribution in [0.25, 0.3) is 0 Å². The van der Waals surface area contributed by atoms with Crippen LogP contribution >= 0.6 is 11.6 Å². The molecule has 3 aliphatic carbocycles. The third kappa shape index (κ3) is 0.720. The van der Waals surface area contributed by atoms with Crippen molar-refractivity contribution in [1.82, 2.24) is 0 Å². The van der Waals surface area contributed by atoms with Gasteiger partial charge in [0.25, 0.3) is 0 Å². The van der Waals surface area contributed by atoms with Crippen molar-refractivity contribution in [3.05, 3.63) is 48.6 Å². The van der Waals surface area contributed by atoms with Crippen molar-refractivity contribution >= 4 is 11.6 Å². The standard InChI is InChI=1S/C14H15Cl/c1-11(2)14(15)12-7-3-4-8-13(12,14)10-6-5-9-12/h3-11H,1-2H3. The van der Waals surface area contributed by atoms with Gasteiger partial charge in [-0.25, -0.2) is 0 Å². The van der Waals surface area contributed by atoms with Gasteiger partial charge in [0, 0.05) is 10.8 Å². The third-order valence-corrected chi connectivity index (χ3v) is 5.34. The summed E-state index contributed by atoms with van der Waals surface area (Å²) >= 11 is 6.90. The van der Waals surface area contributed by atoms with Crippen molar-refractivity contribution in [2.24, 2.45) is 16.7 Å². The molecular weight excluding hydrogens is 204 g/mol. The minimum absolute atomic E-state index is 0.0270. The molecule has 0 heterocycles. The molecule has 0 bridgehead atoms. The van der Waals surface area contributed by atoms with Crippen LogP contribution in [0.15, 0.2) is 48.6 Å². The molecule has 3 aliphatic rings. The Morgan fingerprint density at radius 2 is 1.13 bits per heavy atom. The van der Waals surface area contributed by atoms with Crippen LogP contribution in [0.2, 0.25) is 0 Å². The molecule has 0 spiro atoms. The second-order valence-corrected chi connectivity index (χ2v) is 5.64. The summed E-state index contributed by atoms with van der Waals surface area (Å²) in [5, 5.41) is 0. The van der Waals surface area contributed by atoms with E-state index < -0.39 is 0 Å². The molecule has 0 atom stereocenters. The van der Waals surface area contributed by atoms with Crippen molar-refractivity contribution in [1.29, 1.82) is 0 Å². The third-order valence-electron chi connectivity index (χ3n) is 4.28. The normalized spacial score (nSPS) is 49.3. The van der Waals surface area contributed by atoms with E-state index in [2.05, 4.69) is 62.5 Å². The Labute approximate surface area is 96.0 Å². The van der Waals surface area contributed by atoms with E-state index in [0.29, 0.717) is 5.92 Å². The second-order valence-electron chi connectivity index (χ2n) is 5.04. The maximum atomic E-state index is 6.90. The van der Waals surface area contributed by atoms with Gasteiger partial charge in [0.1, 0.15) is 0 Å². The summed E-state index contributed by atoms with van der Waals surface area (Å²) in [5.41, 5.74) is 0.0540. The van der Waals surface area contributed by atoms with Crippen molar-refractivity contribution in [2.45, 2.75) is 18.7 Å². The molecule has 1 saturated carbocycles. The Balaban J connectivity index is 2.23. The lowest BCUT2D eigenvalue weighted by molar-refractivity contribution is 0.526. The summed E-state index contributed by atoms with van der Waals surface area (Å²) < 4.78 is 0. The van der Waals surface area contributed by atoms with E-state index in [1.807, 2.05) is 0 Å². The van der Waals surface area contributed by atoms with Gasteiger partial charge in [-0.2, -0.15) is 0 Å². The zero-order valence-electron chi connectivity index (χ0n) is 9.07. The predicted molar refractivity (Wildman–Crippen MR) is 64.8 cm³/mol. The summed E-state index contributed by atoms with van der Waals surface area (Å²) in [7, 11) is 0. The highest BCUT2D eigenvalue weighted by molar-refractivity contribution is 6.29. The van der Waals surface area contributed by atoms with Crippen LogP contribution in [0.4, 0.5) is 0 Å². The predicted octanol–water partition coefficient (Wildman–Crippen LogP) is 3.86. The lowest BCUT2D eigenvalue weighted by atomic mass is 9.85. The molecule has 0 aromatic heterocycles. The largest absolute Gasteiger partial charge is 0.116 e. The first-order chi connectivity index (χ1) is 7.11. The number of hydrogen-bond donors (Lipinski definition) is 0. The Morgan fingerprint density at radius 3 is 1.40 bits per heavy atom. The maximum absolute atomic E-state index is 6.90. The molecule has 0 saturated heterocycles. The molecule has 0 N–H and O–H groups in total. The molecule has 0 aliphatic heterocycles. The van der Waals surface area contributed by atoms with Crippen molar-refractivity contribution in [3.63, 3.8) is 0 Å². The zero-order valence-corrected chi connectivity index (χ0v) is 9.83. The first-order valence-electron chi connectivity index (χ1n) is 5.54. The van der Waals surface area contributed by atoms with Crippen LogP contribution in [0.5, 0.6) is 0 Å². The maximum Gasteiger partial charge on any atom is 0.0744 e. The molecule has 0 aromatic rings.